The lowest BCUT2D eigenvalue weighted by Crippen LogP contribution is -2.60. The van der Waals surface area contributed by atoms with E-state index in [0.717, 1.165) is 70.1 Å². The Hall–Kier alpha value is -2.65. The fourth-order valence-corrected chi connectivity index (χ4v) is 5.79. The molecule has 0 spiro atoms. The molecule has 4 aliphatic heterocycles. The highest BCUT2D eigenvalue weighted by Crippen LogP contribution is 2.38. The Morgan fingerprint density at radius 2 is 1.94 bits per heavy atom. The predicted molar refractivity (Wildman–Crippen MR) is 129 cm³/mol. The minimum absolute atomic E-state index is 0.0884. The molecule has 34 heavy (non-hydrogen) atoms. The Labute approximate surface area is 201 Å². The van der Waals surface area contributed by atoms with Gasteiger partial charge in [0, 0.05) is 38.8 Å². The average molecular weight is 469 g/mol. The van der Waals surface area contributed by atoms with Crippen molar-refractivity contribution in [2.24, 2.45) is 11.8 Å². The van der Waals surface area contributed by atoms with E-state index in [-0.39, 0.29) is 5.92 Å². The number of anilines is 1. The zero-order chi connectivity index (χ0) is 23.9. The van der Waals surface area contributed by atoms with E-state index in [9.17, 15) is 9.90 Å². The van der Waals surface area contributed by atoms with Crippen molar-refractivity contribution in [2.75, 3.05) is 51.3 Å². The molecule has 1 aromatic heterocycles. The van der Waals surface area contributed by atoms with Crippen LogP contribution in [0.15, 0.2) is 30.5 Å². The third-order valence-corrected chi connectivity index (χ3v) is 7.78. The van der Waals surface area contributed by atoms with E-state index in [1.165, 1.54) is 0 Å². The number of nitrogens with zero attached hydrogens (tertiary/aromatic N) is 6. The summed E-state index contributed by atoms with van der Waals surface area (Å²) in [6.45, 7) is 9.21. The van der Waals surface area contributed by atoms with Crippen molar-refractivity contribution in [2.45, 2.75) is 44.9 Å². The van der Waals surface area contributed by atoms with Crippen molar-refractivity contribution in [1.29, 1.82) is 0 Å². The number of aliphatic hydroxyl groups is 1. The quantitative estimate of drug-likeness (QED) is 0.689. The van der Waals surface area contributed by atoms with Crippen molar-refractivity contribution in [3.63, 3.8) is 0 Å². The molecule has 9 heteroatoms. The number of hydrogen-bond donors (Lipinski definition) is 1. The number of aromatic nitrogens is 3. The van der Waals surface area contributed by atoms with E-state index < -0.39 is 5.60 Å². The van der Waals surface area contributed by atoms with Crippen molar-refractivity contribution < 1.29 is 14.6 Å². The van der Waals surface area contributed by atoms with Gasteiger partial charge in [-0.2, -0.15) is 0 Å². The molecule has 1 unspecified atom stereocenters. The van der Waals surface area contributed by atoms with Crippen LogP contribution in [-0.2, 0) is 16.9 Å². The van der Waals surface area contributed by atoms with Crippen LogP contribution in [-0.4, -0.2) is 88.2 Å². The molecule has 9 nitrogen and oxygen atoms in total. The van der Waals surface area contributed by atoms with E-state index in [2.05, 4.69) is 31.1 Å². The summed E-state index contributed by atoms with van der Waals surface area (Å²) in [6.07, 6.45) is 3.93. The topological polar surface area (TPSA) is 87.0 Å². The number of ether oxygens (including phenoxy) is 1. The van der Waals surface area contributed by atoms with Crippen LogP contribution < -0.4 is 9.64 Å². The molecule has 0 aliphatic carbocycles. The molecule has 1 aromatic carbocycles. The van der Waals surface area contributed by atoms with Crippen LogP contribution >= 0.6 is 0 Å². The first-order chi connectivity index (χ1) is 16.3. The number of amides is 1. The Bertz CT molecular complexity index is 1010. The second-order valence-corrected chi connectivity index (χ2v) is 10.4. The molecule has 0 saturated carbocycles. The van der Waals surface area contributed by atoms with Gasteiger partial charge in [-0.15, -0.1) is 5.10 Å². The van der Waals surface area contributed by atoms with Crippen LogP contribution in [0, 0.1) is 11.8 Å². The van der Waals surface area contributed by atoms with Crippen LogP contribution in [0.3, 0.4) is 0 Å². The maximum absolute atomic E-state index is 13.5. The van der Waals surface area contributed by atoms with Gasteiger partial charge in [0.25, 0.3) is 0 Å². The number of carbonyl (C=O) groups excluding carboxylic acids is 1. The molecule has 5 heterocycles. The van der Waals surface area contributed by atoms with Crippen molar-refractivity contribution in [3.8, 4) is 5.75 Å². The van der Waals surface area contributed by atoms with E-state index in [4.69, 9.17) is 4.74 Å². The average Bonchev–Trinajstić information content (AvgIpc) is 3.33. The highest BCUT2D eigenvalue weighted by atomic mass is 16.5. The zero-order valence-electron chi connectivity index (χ0n) is 20.4. The molecule has 4 atom stereocenters. The number of fused-ring (bicyclic) bond motifs is 3. The molecule has 4 aliphatic rings. The fraction of sp³-hybridized carbons (Fsp3) is 0.640. The summed E-state index contributed by atoms with van der Waals surface area (Å²) in [5.41, 5.74) is 0.699. The number of piperidine rings is 3. The van der Waals surface area contributed by atoms with Crippen molar-refractivity contribution >= 4 is 11.6 Å². The standard InChI is InChI=1S/C25H36N6O3/c1-25(2,33)23-17-31(27-26-23)15-19-14-18-8-9-30(19)16-20(18)24(32)29-12-10-28(11-13-29)21-6-4-5-7-22(21)34-3/h4-7,17-20,33H,8-16H2,1-3H3/t18-,19+,20-/m0/s1. The third-order valence-electron chi connectivity index (χ3n) is 7.78. The van der Waals surface area contributed by atoms with Crippen LogP contribution in [0.25, 0.3) is 0 Å². The van der Waals surface area contributed by atoms with Gasteiger partial charge in [-0.3, -0.25) is 14.4 Å². The Balaban J connectivity index is 1.17. The molecule has 4 fully saturated rings. The van der Waals surface area contributed by atoms with Crippen LogP contribution in [0.4, 0.5) is 5.69 Å². The van der Waals surface area contributed by atoms with Gasteiger partial charge >= 0.3 is 0 Å². The number of hydrogen-bond acceptors (Lipinski definition) is 7. The normalized spacial score (nSPS) is 27.2. The van der Waals surface area contributed by atoms with Gasteiger partial charge in [-0.1, -0.05) is 17.3 Å². The second-order valence-electron chi connectivity index (χ2n) is 10.4. The maximum Gasteiger partial charge on any atom is 0.227 e. The molecule has 1 amide bonds. The lowest BCUT2D eigenvalue weighted by molar-refractivity contribution is -0.144. The van der Waals surface area contributed by atoms with Crippen molar-refractivity contribution in [3.05, 3.63) is 36.2 Å². The summed E-state index contributed by atoms with van der Waals surface area (Å²) in [7, 11) is 1.70. The molecule has 2 aromatic rings. The predicted octanol–water partition coefficient (Wildman–Crippen LogP) is 1.57. The van der Waals surface area contributed by atoms with Crippen LogP contribution in [0.2, 0.25) is 0 Å². The van der Waals surface area contributed by atoms with E-state index >= 15 is 0 Å². The van der Waals surface area contributed by atoms with Gasteiger partial charge in [-0.25, -0.2) is 0 Å². The number of para-hydroxylation sites is 2. The van der Waals surface area contributed by atoms with E-state index in [0.29, 0.717) is 23.6 Å². The summed E-state index contributed by atoms with van der Waals surface area (Å²) in [5.74, 6) is 1.71. The Morgan fingerprint density at radius 3 is 2.59 bits per heavy atom. The summed E-state index contributed by atoms with van der Waals surface area (Å²) < 4.78 is 7.36. The maximum atomic E-state index is 13.5. The smallest absolute Gasteiger partial charge is 0.227 e. The summed E-state index contributed by atoms with van der Waals surface area (Å²) in [4.78, 5) is 20.3. The van der Waals surface area contributed by atoms with Gasteiger partial charge in [0.05, 0.1) is 31.5 Å². The van der Waals surface area contributed by atoms with Crippen LogP contribution in [0.1, 0.15) is 32.4 Å². The fourth-order valence-electron chi connectivity index (χ4n) is 5.79. The van der Waals surface area contributed by atoms with Gasteiger partial charge in [0.1, 0.15) is 17.0 Å². The molecule has 4 saturated heterocycles. The lowest BCUT2D eigenvalue weighted by Gasteiger charge is -2.50. The van der Waals surface area contributed by atoms with Gasteiger partial charge in [0.15, 0.2) is 0 Å². The third kappa shape index (κ3) is 4.51. The molecular weight excluding hydrogens is 432 g/mol. The summed E-state index contributed by atoms with van der Waals surface area (Å²) in [6, 6.07) is 8.45. The summed E-state index contributed by atoms with van der Waals surface area (Å²) in [5, 5.41) is 18.5. The van der Waals surface area contributed by atoms with Crippen LogP contribution in [0.5, 0.6) is 5.75 Å². The minimum atomic E-state index is -0.989. The van der Waals surface area contributed by atoms with E-state index in [1.807, 2.05) is 29.1 Å². The molecule has 6 rings (SSSR count). The second kappa shape index (κ2) is 9.19. The molecule has 1 N–H and O–H groups in total. The summed E-state index contributed by atoms with van der Waals surface area (Å²) >= 11 is 0. The molecular formula is C25H36N6O3. The van der Waals surface area contributed by atoms with Gasteiger partial charge < -0.3 is 19.6 Å². The highest BCUT2D eigenvalue weighted by molar-refractivity contribution is 5.80. The van der Waals surface area contributed by atoms with Gasteiger partial charge in [0.2, 0.25) is 5.91 Å². The molecule has 0 radical (unpaired) electrons. The SMILES string of the molecule is COc1ccccc1N1CCN(C(=O)[C@H]2CN3CC[C@H]2C[C@@H]3Cn2cc(C(C)(C)O)nn2)CC1. The largest absolute Gasteiger partial charge is 0.495 e. The first kappa shape index (κ1) is 23.1. The molecule has 2 bridgehead atoms. The number of rotatable bonds is 6. The first-order valence-corrected chi connectivity index (χ1v) is 12.4. The number of piperazine rings is 1. The van der Waals surface area contributed by atoms with Gasteiger partial charge in [-0.05, 0) is 51.3 Å². The monoisotopic (exact) mass is 468 g/mol. The van der Waals surface area contributed by atoms with Crippen molar-refractivity contribution in [1.82, 2.24) is 24.8 Å². The lowest BCUT2D eigenvalue weighted by atomic mass is 9.75. The van der Waals surface area contributed by atoms with E-state index in [1.54, 1.807) is 21.0 Å². The Morgan fingerprint density at radius 1 is 1.18 bits per heavy atom. The zero-order valence-corrected chi connectivity index (χ0v) is 20.4. The number of methoxy groups -OCH3 is 1. The number of benzene rings is 1. The molecule has 184 valence electrons. The first-order valence-electron chi connectivity index (χ1n) is 12.4. The minimum Gasteiger partial charge on any atom is -0.495 e. The highest BCUT2D eigenvalue weighted by Gasteiger charge is 2.45. The Kier molecular flexibility index (Phi) is 6.24. The number of carbonyl (C=O) groups is 1.